The molecule has 1 unspecified atom stereocenters. The van der Waals surface area contributed by atoms with Gasteiger partial charge in [0.05, 0.1) is 11.5 Å². The number of carbonyl (C=O) groups is 4. The predicted octanol–water partition coefficient (Wildman–Crippen LogP) is 1.34. The number of alkyl halides is 3. The van der Waals surface area contributed by atoms with Crippen LogP contribution in [0.1, 0.15) is 53.4 Å². The van der Waals surface area contributed by atoms with E-state index < -0.39 is 47.4 Å². The summed E-state index contributed by atoms with van der Waals surface area (Å²) in [6, 6.07) is -1.43. The van der Waals surface area contributed by atoms with Crippen molar-refractivity contribution < 1.29 is 32.3 Å². The molecule has 2 heterocycles. The molecule has 0 aromatic heterocycles. The summed E-state index contributed by atoms with van der Waals surface area (Å²) >= 11 is 0. The third-order valence-electron chi connectivity index (χ3n) is 6.58. The Hall–Kier alpha value is -2.84. The average molecular weight is 488 g/mol. The van der Waals surface area contributed by atoms with Crippen LogP contribution in [0, 0.1) is 22.7 Å². The van der Waals surface area contributed by atoms with Gasteiger partial charge in [0.1, 0.15) is 18.1 Å². The van der Waals surface area contributed by atoms with Gasteiger partial charge in [-0.15, -0.1) is 0 Å². The maximum atomic E-state index is 13.6. The van der Waals surface area contributed by atoms with Crippen LogP contribution in [0.5, 0.6) is 0 Å². The second-order valence-corrected chi connectivity index (χ2v) is 9.67. The van der Waals surface area contributed by atoms with Gasteiger partial charge in [-0.1, -0.05) is 20.8 Å². The molecule has 0 bridgehead atoms. The fraction of sp³-hybridized carbons (Fsp3) is 0.773. The van der Waals surface area contributed by atoms with Gasteiger partial charge < -0.3 is 20.4 Å². The van der Waals surface area contributed by atoms with Crippen LogP contribution in [0.2, 0.25) is 0 Å². The first-order chi connectivity index (χ1) is 15.7. The number of rotatable bonds is 7. The van der Waals surface area contributed by atoms with E-state index in [2.05, 4.69) is 11.4 Å². The van der Waals surface area contributed by atoms with E-state index in [1.807, 2.05) is 20.8 Å². The molecule has 9 nitrogen and oxygen atoms in total. The number of nitrogens with one attached hydrogen (secondary N) is 2. The van der Waals surface area contributed by atoms with E-state index in [0.717, 1.165) is 11.8 Å². The highest BCUT2D eigenvalue weighted by atomic mass is 19.4. The summed E-state index contributed by atoms with van der Waals surface area (Å²) in [5.41, 5.74) is -0.879. The van der Waals surface area contributed by atoms with Gasteiger partial charge in [0.2, 0.25) is 17.7 Å². The number of hydrogen-bond acceptors (Lipinski definition) is 5. The van der Waals surface area contributed by atoms with Crippen molar-refractivity contribution in [2.75, 3.05) is 13.6 Å². The summed E-state index contributed by atoms with van der Waals surface area (Å²) in [7, 11) is 1.28. The summed E-state index contributed by atoms with van der Waals surface area (Å²) in [5, 5.41) is 14.2. The monoisotopic (exact) mass is 487 g/mol. The molecule has 2 N–H and O–H groups in total. The zero-order valence-electron chi connectivity index (χ0n) is 20.0. The van der Waals surface area contributed by atoms with Crippen molar-refractivity contribution in [3.05, 3.63) is 0 Å². The van der Waals surface area contributed by atoms with Crippen LogP contribution in [-0.4, -0.2) is 77.4 Å². The van der Waals surface area contributed by atoms with E-state index in [-0.39, 0.29) is 37.3 Å². The average Bonchev–Trinajstić information content (AvgIpc) is 3.29. The quantitative estimate of drug-likeness (QED) is 0.561. The normalized spacial score (nSPS) is 26.2. The standard InChI is InChI=1S/C22H32F3N5O4/c1-6-14-8-21(19(33)28-14)9-15(10-26)30(11-21)18(32)16(7-12(2)3)29(5)17(31)13(4)27-20(34)22(23,24)25/h12-16H,6-9,11H2,1-5H3,(H,27,34)(H,28,33)/t13-,14?,15-,16-,21-/m0/s1. The van der Waals surface area contributed by atoms with E-state index in [9.17, 15) is 37.6 Å². The molecule has 34 heavy (non-hydrogen) atoms. The Balaban J connectivity index is 2.26. The molecule has 2 aliphatic heterocycles. The summed E-state index contributed by atoms with van der Waals surface area (Å²) < 4.78 is 37.8. The lowest BCUT2D eigenvalue weighted by Gasteiger charge is -2.34. The second kappa shape index (κ2) is 10.2. The van der Waals surface area contributed by atoms with Crippen molar-refractivity contribution in [2.24, 2.45) is 11.3 Å². The fourth-order valence-electron chi connectivity index (χ4n) is 4.70. The number of halogens is 3. The Morgan fingerprint density at radius 3 is 2.38 bits per heavy atom. The molecular weight excluding hydrogens is 455 g/mol. The van der Waals surface area contributed by atoms with Crippen molar-refractivity contribution in [1.29, 1.82) is 5.26 Å². The van der Waals surface area contributed by atoms with Crippen molar-refractivity contribution in [2.45, 2.75) is 83.7 Å². The maximum Gasteiger partial charge on any atom is 0.471 e. The van der Waals surface area contributed by atoms with Gasteiger partial charge in [-0.3, -0.25) is 19.2 Å². The van der Waals surface area contributed by atoms with Crippen LogP contribution in [0.3, 0.4) is 0 Å². The van der Waals surface area contributed by atoms with E-state index >= 15 is 0 Å². The summed E-state index contributed by atoms with van der Waals surface area (Å²) in [6.45, 7) is 6.70. The minimum atomic E-state index is -5.15. The highest BCUT2D eigenvalue weighted by Gasteiger charge is 2.56. The zero-order chi connectivity index (χ0) is 26.0. The number of likely N-dealkylation sites (N-methyl/N-ethyl adjacent to an activating group) is 1. The van der Waals surface area contributed by atoms with Crippen LogP contribution in [0.15, 0.2) is 0 Å². The number of amides is 4. The third-order valence-corrected chi connectivity index (χ3v) is 6.58. The molecule has 0 radical (unpaired) electrons. The number of likely N-dealkylation sites (tertiary alicyclic amines) is 1. The number of nitriles is 1. The van der Waals surface area contributed by atoms with Gasteiger partial charge in [-0.2, -0.15) is 18.4 Å². The van der Waals surface area contributed by atoms with E-state index in [1.54, 1.807) is 5.32 Å². The van der Waals surface area contributed by atoms with Crippen molar-refractivity contribution >= 4 is 23.6 Å². The largest absolute Gasteiger partial charge is 0.471 e. The van der Waals surface area contributed by atoms with Gasteiger partial charge >= 0.3 is 12.1 Å². The Morgan fingerprint density at radius 1 is 1.29 bits per heavy atom. The van der Waals surface area contributed by atoms with Crippen molar-refractivity contribution in [3.8, 4) is 6.07 Å². The third kappa shape index (κ3) is 5.62. The van der Waals surface area contributed by atoms with E-state index in [0.29, 0.717) is 12.8 Å². The minimum absolute atomic E-state index is 0.0311. The van der Waals surface area contributed by atoms with Crippen molar-refractivity contribution in [3.63, 3.8) is 0 Å². The first-order valence-electron chi connectivity index (χ1n) is 11.3. The van der Waals surface area contributed by atoms with Crippen LogP contribution in [0.25, 0.3) is 0 Å². The molecule has 4 amide bonds. The first kappa shape index (κ1) is 27.4. The summed E-state index contributed by atoms with van der Waals surface area (Å²) in [5.74, 6) is -3.94. The van der Waals surface area contributed by atoms with Gasteiger partial charge in [0.25, 0.3) is 0 Å². The minimum Gasteiger partial charge on any atom is -0.353 e. The van der Waals surface area contributed by atoms with Gasteiger partial charge in [-0.25, -0.2) is 0 Å². The molecule has 2 rings (SSSR count). The molecule has 0 aromatic rings. The summed E-state index contributed by atoms with van der Waals surface area (Å²) in [4.78, 5) is 52.7. The molecule has 2 aliphatic rings. The summed E-state index contributed by atoms with van der Waals surface area (Å²) in [6.07, 6.45) is -3.57. The molecule has 2 fully saturated rings. The van der Waals surface area contributed by atoms with Gasteiger partial charge in [-0.05, 0) is 38.5 Å². The molecule has 1 spiro atoms. The predicted molar refractivity (Wildman–Crippen MR) is 115 cm³/mol. The Morgan fingerprint density at radius 2 is 1.91 bits per heavy atom. The fourth-order valence-corrected chi connectivity index (χ4v) is 4.70. The molecular formula is C22H32F3N5O4. The lowest BCUT2D eigenvalue weighted by molar-refractivity contribution is -0.175. The highest BCUT2D eigenvalue weighted by Crippen LogP contribution is 2.43. The highest BCUT2D eigenvalue weighted by molar-refractivity contribution is 5.94. The molecule has 190 valence electrons. The van der Waals surface area contributed by atoms with E-state index in [1.165, 1.54) is 11.9 Å². The van der Waals surface area contributed by atoms with E-state index in [4.69, 9.17) is 0 Å². The molecule has 5 atom stereocenters. The zero-order valence-corrected chi connectivity index (χ0v) is 20.0. The maximum absolute atomic E-state index is 13.6. The van der Waals surface area contributed by atoms with Gasteiger partial charge in [0.15, 0.2) is 0 Å². The van der Waals surface area contributed by atoms with Crippen molar-refractivity contribution in [1.82, 2.24) is 20.4 Å². The second-order valence-electron chi connectivity index (χ2n) is 9.67. The smallest absolute Gasteiger partial charge is 0.353 e. The Kier molecular flexibility index (Phi) is 8.22. The number of nitrogens with zero attached hydrogens (tertiary/aromatic N) is 3. The van der Waals surface area contributed by atoms with Crippen LogP contribution < -0.4 is 10.6 Å². The molecule has 2 saturated heterocycles. The van der Waals surface area contributed by atoms with Gasteiger partial charge in [0, 0.05) is 19.6 Å². The lowest BCUT2D eigenvalue weighted by atomic mass is 9.82. The number of hydrogen-bond donors (Lipinski definition) is 2. The SMILES string of the molecule is CCC1C[C@@]2(C[C@@H](C#N)N(C(=O)[C@H](CC(C)C)N(C)C(=O)[C@H](C)NC(=O)C(F)(F)F)C2)C(=O)N1. The Labute approximate surface area is 197 Å². The Bertz CT molecular complexity index is 872. The molecule has 12 heteroatoms. The first-order valence-corrected chi connectivity index (χ1v) is 11.3. The van der Waals surface area contributed by atoms with Crippen LogP contribution >= 0.6 is 0 Å². The topological polar surface area (TPSA) is 123 Å². The molecule has 0 saturated carbocycles. The molecule has 0 aliphatic carbocycles. The van der Waals surface area contributed by atoms with Crippen LogP contribution in [-0.2, 0) is 19.2 Å². The molecule has 0 aromatic carbocycles. The lowest BCUT2D eigenvalue weighted by Crippen LogP contribution is -2.56. The number of carbonyl (C=O) groups excluding carboxylic acids is 4. The van der Waals surface area contributed by atoms with Crippen LogP contribution in [0.4, 0.5) is 13.2 Å².